The van der Waals surface area contributed by atoms with Gasteiger partial charge in [-0.3, -0.25) is 0 Å². The molecule has 0 aromatic heterocycles. The number of benzene rings is 1. The van der Waals surface area contributed by atoms with Crippen LogP contribution in [0.25, 0.3) is 5.57 Å². The summed E-state index contributed by atoms with van der Waals surface area (Å²) in [5.41, 5.74) is 1.12. The first-order valence-corrected chi connectivity index (χ1v) is 5.05. The van der Waals surface area contributed by atoms with Crippen molar-refractivity contribution in [3.05, 3.63) is 48.7 Å². The molecule has 18 heavy (non-hydrogen) atoms. The van der Waals surface area contributed by atoms with Crippen LogP contribution in [0.5, 0.6) is 5.75 Å². The molecule has 0 heterocycles. The summed E-state index contributed by atoms with van der Waals surface area (Å²) >= 11 is 0. The number of halogens is 3. The van der Waals surface area contributed by atoms with Crippen LogP contribution in [0.4, 0.5) is 13.2 Å². The zero-order chi connectivity index (χ0) is 13.8. The van der Waals surface area contributed by atoms with Gasteiger partial charge in [-0.2, -0.15) is 13.2 Å². The molecule has 5 heteroatoms. The summed E-state index contributed by atoms with van der Waals surface area (Å²) in [6.45, 7) is 6.21. The summed E-state index contributed by atoms with van der Waals surface area (Å²) in [4.78, 5) is 0. The average Bonchev–Trinajstić information content (AvgIpc) is 2.34. The van der Waals surface area contributed by atoms with Gasteiger partial charge >= 0.3 is 6.18 Å². The number of hydrogen-bond donors (Lipinski definition) is 0. The van der Waals surface area contributed by atoms with Crippen LogP contribution in [-0.2, 0) is 4.74 Å². The number of methoxy groups -OCH3 is 1. The molecule has 98 valence electrons. The standard InChI is InChI=1S/C13H13F3O2/c1-9(8-18-10(2)13(14,15)16)11-4-6-12(17-3)7-5-11/h4-7H,1-2,8H2,3H3. The SMILES string of the molecule is C=C(COC(=C)C(F)(F)F)c1ccc(OC)cc1. The van der Waals surface area contributed by atoms with E-state index in [2.05, 4.69) is 17.9 Å². The number of ether oxygens (including phenoxy) is 2. The monoisotopic (exact) mass is 258 g/mol. The van der Waals surface area contributed by atoms with Crippen molar-refractivity contribution in [3.8, 4) is 5.75 Å². The molecule has 0 saturated carbocycles. The minimum absolute atomic E-state index is 0.259. The van der Waals surface area contributed by atoms with Crippen molar-refractivity contribution in [2.45, 2.75) is 6.18 Å². The van der Waals surface area contributed by atoms with Gasteiger partial charge in [-0.1, -0.05) is 25.3 Å². The van der Waals surface area contributed by atoms with Gasteiger partial charge in [0.05, 0.1) is 7.11 Å². The third-order valence-electron chi connectivity index (χ3n) is 2.24. The molecule has 0 bridgehead atoms. The van der Waals surface area contributed by atoms with Crippen LogP contribution < -0.4 is 4.74 Å². The first-order valence-electron chi connectivity index (χ1n) is 5.05. The summed E-state index contributed by atoms with van der Waals surface area (Å²) in [7, 11) is 1.53. The molecule has 1 aromatic carbocycles. The smallest absolute Gasteiger partial charge is 0.448 e. The van der Waals surface area contributed by atoms with Gasteiger partial charge in [-0.25, -0.2) is 0 Å². The van der Waals surface area contributed by atoms with Gasteiger partial charge < -0.3 is 9.47 Å². The van der Waals surface area contributed by atoms with E-state index in [1.807, 2.05) is 0 Å². The van der Waals surface area contributed by atoms with Crippen molar-refractivity contribution in [3.63, 3.8) is 0 Å². The molecule has 2 nitrogen and oxygen atoms in total. The molecule has 0 unspecified atom stereocenters. The Morgan fingerprint density at radius 1 is 1.17 bits per heavy atom. The summed E-state index contributed by atoms with van der Waals surface area (Å²) < 4.78 is 45.9. The highest BCUT2D eigenvalue weighted by atomic mass is 19.4. The van der Waals surface area contributed by atoms with E-state index in [9.17, 15) is 13.2 Å². The molecular weight excluding hydrogens is 245 g/mol. The van der Waals surface area contributed by atoms with Crippen LogP contribution in [-0.4, -0.2) is 19.9 Å². The van der Waals surface area contributed by atoms with Crippen molar-refractivity contribution in [2.75, 3.05) is 13.7 Å². The lowest BCUT2D eigenvalue weighted by Gasteiger charge is -2.13. The summed E-state index contributed by atoms with van der Waals surface area (Å²) in [5, 5.41) is 0. The first kappa shape index (κ1) is 14.2. The van der Waals surface area contributed by atoms with Crippen molar-refractivity contribution >= 4 is 5.57 Å². The van der Waals surface area contributed by atoms with E-state index in [1.54, 1.807) is 24.3 Å². The molecule has 0 N–H and O–H groups in total. The van der Waals surface area contributed by atoms with Gasteiger partial charge in [-0.15, -0.1) is 0 Å². The fourth-order valence-corrected chi connectivity index (χ4v) is 1.17. The van der Waals surface area contributed by atoms with E-state index >= 15 is 0 Å². The fourth-order valence-electron chi connectivity index (χ4n) is 1.17. The Hall–Kier alpha value is -1.91. The van der Waals surface area contributed by atoms with Crippen LogP contribution in [0.1, 0.15) is 5.56 Å². The molecule has 0 saturated heterocycles. The van der Waals surface area contributed by atoms with Gasteiger partial charge in [0.1, 0.15) is 12.4 Å². The maximum absolute atomic E-state index is 12.1. The van der Waals surface area contributed by atoms with Crippen molar-refractivity contribution in [2.24, 2.45) is 0 Å². The van der Waals surface area contributed by atoms with Gasteiger partial charge in [0.15, 0.2) is 5.76 Å². The summed E-state index contributed by atoms with van der Waals surface area (Å²) in [5.74, 6) is -0.565. The molecule has 1 rings (SSSR count). The molecule has 0 atom stereocenters. The lowest BCUT2D eigenvalue weighted by atomic mass is 10.1. The Morgan fingerprint density at radius 3 is 2.17 bits per heavy atom. The molecular formula is C13H13F3O2. The van der Waals surface area contributed by atoms with Crippen molar-refractivity contribution in [1.29, 1.82) is 0 Å². The highest BCUT2D eigenvalue weighted by molar-refractivity contribution is 5.64. The minimum Gasteiger partial charge on any atom is -0.497 e. The largest absolute Gasteiger partial charge is 0.497 e. The third-order valence-corrected chi connectivity index (χ3v) is 2.24. The lowest BCUT2D eigenvalue weighted by molar-refractivity contribution is -0.127. The Morgan fingerprint density at radius 2 is 1.72 bits per heavy atom. The predicted octanol–water partition coefficient (Wildman–Crippen LogP) is 3.80. The van der Waals surface area contributed by atoms with E-state index < -0.39 is 11.9 Å². The quantitative estimate of drug-likeness (QED) is 0.748. The minimum atomic E-state index is -4.54. The van der Waals surface area contributed by atoms with Crippen LogP contribution in [0, 0.1) is 0 Å². The van der Waals surface area contributed by atoms with Crippen LogP contribution >= 0.6 is 0 Å². The maximum Gasteiger partial charge on any atom is 0.448 e. The van der Waals surface area contributed by atoms with E-state index in [4.69, 9.17) is 4.74 Å². The Bertz CT molecular complexity index is 433. The van der Waals surface area contributed by atoms with Crippen LogP contribution in [0.3, 0.4) is 0 Å². The summed E-state index contributed by atoms with van der Waals surface area (Å²) in [6, 6.07) is 6.78. The highest BCUT2D eigenvalue weighted by Crippen LogP contribution is 2.26. The topological polar surface area (TPSA) is 18.5 Å². The molecule has 0 spiro atoms. The molecule has 0 aliphatic heterocycles. The zero-order valence-corrected chi connectivity index (χ0v) is 9.88. The van der Waals surface area contributed by atoms with Gasteiger partial charge in [0, 0.05) is 0 Å². The second-order valence-corrected chi connectivity index (χ2v) is 3.54. The molecule has 0 amide bonds. The number of alkyl halides is 3. The zero-order valence-electron chi connectivity index (χ0n) is 9.88. The second kappa shape index (κ2) is 5.62. The molecule has 1 aromatic rings. The van der Waals surface area contributed by atoms with Crippen molar-refractivity contribution in [1.82, 2.24) is 0 Å². The normalized spacial score (nSPS) is 10.9. The second-order valence-electron chi connectivity index (χ2n) is 3.54. The fraction of sp³-hybridized carbons (Fsp3) is 0.231. The number of rotatable bonds is 5. The Balaban J connectivity index is 2.58. The van der Waals surface area contributed by atoms with E-state index in [1.165, 1.54) is 7.11 Å². The first-order chi connectivity index (χ1) is 8.34. The lowest BCUT2D eigenvalue weighted by Crippen LogP contribution is -2.14. The predicted molar refractivity (Wildman–Crippen MR) is 63.2 cm³/mol. The number of hydrogen-bond acceptors (Lipinski definition) is 2. The highest BCUT2D eigenvalue weighted by Gasteiger charge is 2.34. The van der Waals surface area contributed by atoms with E-state index in [0.29, 0.717) is 16.9 Å². The van der Waals surface area contributed by atoms with Gasteiger partial charge in [0.2, 0.25) is 0 Å². The van der Waals surface area contributed by atoms with Crippen LogP contribution in [0.15, 0.2) is 43.2 Å². The Labute approximate surface area is 103 Å². The number of allylic oxidation sites excluding steroid dienone is 1. The van der Waals surface area contributed by atoms with E-state index in [-0.39, 0.29) is 6.61 Å². The Kier molecular flexibility index (Phi) is 4.42. The van der Waals surface area contributed by atoms with Gasteiger partial charge in [-0.05, 0) is 23.3 Å². The van der Waals surface area contributed by atoms with Gasteiger partial charge in [0.25, 0.3) is 0 Å². The molecule has 0 fully saturated rings. The average molecular weight is 258 g/mol. The third kappa shape index (κ3) is 3.84. The molecule has 0 aliphatic rings. The maximum atomic E-state index is 12.1. The molecule has 0 radical (unpaired) electrons. The molecule has 0 aliphatic carbocycles. The van der Waals surface area contributed by atoms with Crippen molar-refractivity contribution < 1.29 is 22.6 Å². The summed E-state index contributed by atoms with van der Waals surface area (Å²) in [6.07, 6.45) is -4.54. The van der Waals surface area contributed by atoms with E-state index in [0.717, 1.165) is 0 Å². The van der Waals surface area contributed by atoms with Crippen LogP contribution in [0.2, 0.25) is 0 Å².